The Morgan fingerprint density at radius 2 is 2.00 bits per heavy atom. The zero-order valence-electron chi connectivity index (χ0n) is 11.3. The molecule has 0 saturated carbocycles. The number of nitrogens with zero attached hydrogens (tertiary/aromatic N) is 1. The number of benzene rings is 1. The van der Waals surface area contributed by atoms with Gasteiger partial charge in [0.15, 0.2) is 0 Å². The predicted molar refractivity (Wildman–Crippen MR) is 79.0 cm³/mol. The van der Waals surface area contributed by atoms with E-state index in [0.717, 1.165) is 17.7 Å². The van der Waals surface area contributed by atoms with Gasteiger partial charge in [-0.25, -0.2) is 4.98 Å². The van der Waals surface area contributed by atoms with Gasteiger partial charge in [-0.1, -0.05) is 38.1 Å². The van der Waals surface area contributed by atoms with Gasteiger partial charge in [-0.3, -0.25) is 0 Å². The van der Waals surface area contributed by atoms with E-state index in [-0.39, 0.29) is 0 Å². The van der Waals surface area contributed by atoms with Crippen molar-refractivity contribution in [2.24, 2.45) is 0 Å². The van der Waals surface area contributed by atoms with Crippen molar-refractivity contribution in [3.63, 3.8) is 0 Å². The predicted octanol–water partition coefficient (Wildman–Crippen LogP) is 5.13. The molecule has 2 aromatic rings. The summed E-state index contributed by atoms with van der Waals surface area (Å²) in [6.07, 6.45) is 2.79. The molecule has 0 saturated heterocycles. The SMILES string of the molecule is CCC(C)c1ccccc1Oc1ncccc1CCl. The van der Waals surface area contributed by atoms with Gasteiger partial charge >= 0.3 is 0 Å². The second-order valence-corrected chi connectivity index (χ2v) is 4.82. The molecule has 0 radical (unpaired) electrons. The summed E-state index contributed by atoms with van der Waals surface area (Å²) < 4.78 is 5.96. The largest absolute Gasteiger partial charge is 0.438 e. The van der Waals surface area contributed by atoms with Crippen LogP contribution in [-0.4, -0.2) is 4.98 Å². The molecule has 0 bridgehead atoms. The molecule has 100 valence electrons. The lowest BCUT2D eigenvalue weighted by molar-refractivity contribution is 0.448. The van der Waals surface area contributed by atoms with E-state index < -0.39 is 0 Å². The van der Waals surface area contributed by atoms with Crippen molar-refractivity contribution >= 4 is 11.6 Å². The van der Waals surface area contributed by atoms with Crippen molar-refractivity contribution in [3.8, 4) is 11.6 Å². The molecule has 0 amide bonds. The van der Waals surface area contributed by atoms with E-state index in [1.54, 1.807) is 6.20 Å². The summed E-state index contributed by atoms with van der Waals surface area (Å²) in [5.41, 5.74) is 2.11. The van der Waals surface area contributed by atoms with E-state index in [4.69, 9.17) is 16.3 Å². The molecule has 1 heterocycles. The van der Waals surface area contributed by atoms with Crippen molar-refractivity contribution in [2.75, 3.05) is 0 Å². The quantitative estimate of drug-likeness (QED) is 0.706. The smallest absolute Gasteiger partial charge is 0.223 e. The third-order valence-electron chi connectivity index (χ3n) is 3.26. The van der Waals surface area contributed by atoms with Crippen molar-refractivity contribution in [3.05, 3.63) is 53.7 Å². The van der Waals surface area contributed by atoms with Crippen molar-refractivity contribution < 1.29 is 4.74 Å². The molecule has 0 spiro atoms. The summed E-state index contributed by atoms with van der Waals surface area (Å²) >= 11 is 5.91. The van der Waals surface area contributed by atoms with E-state index in [1.165, 1.54) is 5.56 Å². The van der Waals surface area contributed by atoms with E-state index in [2.05, 4.69) is 24.9 Å². The summed E-state index contributed by atoms with van der Waals surface area (Å²) in [5, 5.41) is 0. The number of rotatable bonds is 5. The first-order valence-electron chi connectivity index (χ1n) is 6.52. The van der Waals surface area contributed by atoms with Crippen molar-refractivity contribution in [1.82, 2.24) is 4.98 Å². The van der Waals surface area contributed by atoms with Gasteiger partial charge < -0.3 is 4.74 Å². The van der Waals surface area contributed by atoms with E-state index >= 15 is 0 Å². The van der Waals surface area contributed by atoms with Gasteiger partial charge in [0.05, 0.1) is 5.88 Å². The van der Waals surface area contributed by atoms with Crippen molar-refractivity contribution in [1.29, 1.82) is 0 Å². The third-order valence-corrected chi connectivity index (χ3v) is 3.55. The topological polar surface area (TPSA) is 22.1 Å². The second-order valence-electron chi connectivity index (χ2n) is 4.55. The molecule has 1 aromatic heterocycles. The normalized spacial score (nSPS) is 12.2. The molecule has 0 N–H and O–H groups in total. The fourth-order valence-corrected chi connectivity index (χ4v) is 2.13. The number of hydrogen-bond acceptors (Lipinski definition) is 2. The van der Waals surface area contributed by atoms with Crippen LogP contribution < -0.4 is 4.74 Å². The first kappa shape index (κ1) is 13.9. The molecule has 2 rings (SSSR count). The fourth-order valence-electron chi connectivity index (χ4n) is 1.92. The maximum atomic E-state index is 5.96. The van der Waals surface area contributed by atoms with Gasteiger partial charge in [0, 0.05) is 11.8 Å². The number of halogens is 1. The Morgan fingerprint density at radius 3 is 2.74 bits per heavy atom. The highest BCUT2D eigenvalue weighted by Gasteiger charge is 2.12. The van der Waals surface area contributed by atoms with Gasteiger partial charge in [0.25, 0.3) is 0 Å². The zero-order chi connectivity index (χ0) is 13.7. The van der Waals surface area contributed by atoms with E-state index in [0.29, 0.717) is 17.7 Å². The van der Waals surface area contributed by atoms with Crippen LogP contribution in [0.15, 0.2) is 42.6 Å². The molecular formula is C16H18ClNO. The maximum absolute atomic E-state index is 5.96. The number of hydrogen-bond donors (Lipinski definition) is 0. The molecule has 0 aliphatic heterocycles. The van der Waals surface area contributed by atoms with Gasteiger partial charge in [-0.05, 0) is 30.0 Å². The number of aromatic nitrogens is 1. The summed E-state index contributed by atoms with van der Waals surface area (Å²) in [7, 11) is 0. The minimum absolute atomic E-state index is 0.397. The lowest BCUT2D eigenvalue weighted by Crippen LogP contribution is -1.98. The van der Waals surface area contributed by atoms with Crippen LogP contribution in [-0.2, 0) is 5.88 Å². The lowest BCUT2D eigenvalue weighted by Gasteiger charge is -2.15. The van der Waals surface area contributed by atoms with Crippen molar-refractivity contribution in [2.45, 2.75) is 32.1 Å². The van der Waals surface area contributed by atoms with Gasteiger partial charge in [0.1, 0.15) is 5.75 Å². The van der Waals surface area contributed by atoms with Crippen LogP contribution in [0.25, 0.3) is 0 Å². The standard InChI is InChI=1S/C16H18ClNO/c1-3-12(2)14-8-4-5-9-15(14)19-16-13(11-17)7-6-10-18-16/h4-10,12H,3,11H2,1-2H3. The molecule has 0 aliphatic carbocycles. The minimum Gasteiger partial charge on any atom is -0.438 e. The molecule has 3 heteroatoms. The van der Waals surface area contributed by atoms with Gasteiger partial charge in [0.2, 0.25) is 5.88 Å². The number of pyridine rings is 1. The molecule has 1 atom stereocenters. The molecular weight excluding hydrogens is 258 g/mol. The van der Waals surface area contributed by atoms with E-state index in [9.17, 15) is 0 Å². The second kappa shape index (κ2) is 6.58. The van der Waals surface area contributed by atoms with Gasteiger partial charge in [-0.15, -0.1) is 11.6 Å². The molecule has 0 fully saturated rings. The van der Waals surface area contributed by atoms with Crippen LogP contribution in [0.1, 0.15) is 37.3 Å². The monoisotopic (exact) mass is 275 g/mol. The highest BCUT2D eigenvalue weighted by Crippen LogP contribution is 2.32. The first-order chi connectivity index (χ1) is 9.26. The Bertz CT molecular complexity index is 542. The Morgan fingerprint density at radius 1 is 1.21 bits per heavy atom. The summed E-state index contributed by atoms with van der Waals surface area (Å²) in [6, 6.07) is 11.9. The lowest BCUT2D eigenvalue weighted by atomic mass is 9.98. The van der Waals surface area contributed by atoms with Gasteiger partial charge in [-0.2, -0.15) is 0 Å². The van der Waals surface area contributed by atoms with Crippen LogP contribution in [0.2, 0.25) is 0 Å². The Balaban J connectivity index is 2.33. The molecule has 1 aromatic carbocycles. The number of alkyl halides is 1. The molecule has 0 aliphatic rings. The highest BCUT2D eigenvalue weighted by molar-refractivity contribution is 6.17. The minimum atomic E-state index is 0.397. The Labute approximate surface area is 119 Å². The van der Waals surface area contributed by atoms with E-state index in [1.807, 2.05) is 30.3 Å². The number of ether oxygens (including phenoxy) is 1. The average molecular weight is 276 g/mol. The first-order valence-corrected chi connectivity index (χ1v) is 7.06. The Hall–Kier alpha value is -1.54. The Kier molecular flexibility index (Phi) is 4.80. The molecule has 1 unspecified atom stereocenters. The summed E-state index contributed by atoms with van der Waals surface area (Å²) in [6.45, 7) is 4.37. The fraction of sp³-hybridized carbons (Fsp3) is 0.312. The van der Waals surface area contributed by atoms with Crippen LogP contribution in [0, 0.1) is 0 Å². The molecule has 2 nitrogen and oxygen atoms in total. The summed E-state index contributed by atoms with van der Waals surface area (Å²) in [5.74, 6) is 2.31. The third kappa shape index (κ3) is 3.27. The van der Waals surface area contributed by atoms with Crippen LogP contribution >= 0.6 is 11.6 Å². The maximum Gasteiger partial charge on any atom is 0.223 e. The highest BCUT2D eigenvalue weighted by atomic mass is 35.5. The number of para-hydroxylation sites is 1. The zero-order valence-corrected chi connectivity index (χ0v) is 12.0. The average Bonchev–Trinajstić information content (AvgIpc) is 2.47. The summed E-state index contributed by atoms with van der Waals surface area (Å²) in [4.78, 5) is 4.26. The van der Waals surface area contributed by atoms with Crippen LogP contribution in [0.5, 0.6) is 11.6 Å². The molecule has 19 heavy (non-hydrogen) atoms. The van der Waals surface area contributed by atoms with Crippen LogP contribution in [0.4, 0.5) is 0 Å². The van der Waals surface area contributed by atoms with Crippen LogP contribution in [0.3, 0.4) is 0 Å².